The number of hydrogen-bond acceptors (Lipinski definition) is 4. The van der Waals surface area contributed by atoms with E-state index in [9.17, 15) is 4.79 Å². The molecule has 4 nitrogen and oxygen atoms in total. The first-order valence-electron chi connectivity index (χ1n) is 8.65. The molecule has 1 fully saturated rings. The molecule has 1 aliphatic heterocycles. The van der Waals surface area contributed by atoms with Crippen LogP contribution in [0.15, 0.2) is 41.4 Å². The molecule has 5 heteroatoms. The van der Waals surface area contributed by atoms with Crippen LogP contribution in [0.5, 0.6) is 5.75 Å². The molecule has 24 heavy (non-hydrogen) atoms. The summed E-state index contributed by atoms with van der Waals surface area (Å²) in [5, 5.41) is 0. The van der Waals surface area contributed by atoms with E-state index in [1.54, 1.807) is 12.1 Å². The molecule has 1 aromatic carbocycles. The summed E-state index contributed by atoms with van der Waals surface area (Å²) in [7, 11) is -0.464. The number of carbonyl (C=O) groups excluding carboxylic acids is 1. The van der Waals surface area contributed by atoms with Crippen LogP contribution >= 0.6 is 0 Å². The SMILES string of the molecule is CC1(C)OB(C2=C(C(=O)Oc3ccccc3)CCCC2)OC1(C)C. The highest BCUT2D eigenvalue weighted by Crippen LogP contribution is 2.41. The summed E-state index contributed by atoms with van der Waals surface area (Å²) in [5.41, 5.74) is 0.844. The molecule has 2 aliphatic rings. The molecule has 0 amide bonds. The van der Waals surface area contributed by atoms with Crippen LogP contribution in [0.1, 0.15) is 53.4 Å². The molecule has 0 radical (unpaired) electrons. The topological polar surface area (TPSA) is 44.8 Å². The number of benzene rings is 1. The predicted octanol–water partition coefficient (Wildman–Crippen LogP) is 4.09. The van der Waals surface area contributed by atoms with E-state index in [2.05, 4.69) is 0 Å². The van der Waals surface area contributed by atoms with Gasteiger partial charge in [0.2, 0.25) is 0 Å². The van der Waals surface area contributed by atoms with Crippen molar-refractivity contribution in [2.75, 3.05) is 0 Å². The third kappa shape index (κ3) is 3.28. The van der Waals surface area contributed by atoms with E-state index in [0.29, 0.717) is 17.7 Å². The molecule has 0 saturated carbocycles. The predicted molar refractivity (Wildman–Crippen MR) is 93.7 cm³/mol. The zero-order valence-corrected chi connectivity index (χ0v) is 14.9. The lowest BCUT2D eigenvalue weighted by Crippen LogP contribution is -2.41. The number of rotatable bonds is 3. The maximum atomic E-state index is 12.7. The van der Waals surface area contributed by atoms with E-state index in [1.165, 1.54) is 0 Å². The first-order valence-corrected chi connectivity index (χ1v) is 8.65. The molecular formula is C19H25BO4. The Morgan fingerprint density at radius 3 is 2.21 bits per heavy atom. The zero-order chi connectivity index (χ0) is 17.4. The van der Waals surface area contributed by atoms with E-state index in [0.717, 1.165) is 24.7 Å². The Morgan fingerprint density at radius 1 is 1.00 bits per heavy atom. The second-order valence-corrected chi connectivity index (χ2v) is 7.50. The average molecular weight is 328 g/mol. The number of carbonyl (C=O) groups is 1. The van der Waals surface area contributed by atoms with Crippen molar-refractivity contribution in [2.45, 2.75) is 64.6 Å². The van der Waals surface area contributed by atoms with Gasteiger partial charge in [-0.1, -0.05) is 18.2 Å². The minimum atomic E-state index is -0.464. The van der Waals surface area contributed by atoms with Crippen LogP contribution in [0.2, 0.25) is 0 Å². The lowest BCUT2D eigenvalue weighted by molar-refractivity contribution is -0.130. The number of allylic oxidation sites excluding steroid dienone is 1. The van der Waals surface area contributed by atoms with Crippen LogP contribution in [0.4, 0.5) is 0 Å². The lowest BCUT2D eigenvalue weighted by atomic mass is 9.69. The molecule has 3 rings (SSSR count). The van der Waals surface area contributed by atoms with Crippen LogP contribution in [-0.4, -0.2) is 24.3 Å². The van der Waals surface area contributed by atoms with Crippen molar-refractivity contribution in [2.24, 2.45) is 0 Å². The van der Waals surface area contributed by atoms with Gasteiger partial charge in [-0.2, -0.15) is 0 Å². The fraction of sp³-hybridized carbons (Fsp3) is 0.526. The number of hydrogen-bond donors (Lipinski definition) is 0. The Bertz CT molecular complexity index is 633. The molecule has 0 unspecified atom stereocenters. The van der Waals surface area contributed by atoms with E-state index in [1.807, 2.05) is 45.9 Å². The highest BCUT2D eigenvalue weighted by atomic mass is 16.7. The van der Waals surface area contributed by atoms with Gasteiger partial charge in [-0.15, -0.1) is 0 Å². The standard InChI is InChI=1S/C19H25BO4/c1-18(2)19(3,4)24-20(23-18)16-13-9-8-12-15(16)17(21)22-14-10-6-5-7-11-14/h5-7,10-11H,8-9,12-13H2,1-4H3. The summed E-state index contributed by atoms with van der Waals surface area (Å²) < 4.78 is 17.8. The minimum Gasteiger partial charge on any atom is -0.423 e. The van der Waals surface area contributed by atoms with Crippen molar-refractivity contribution < 1.29 is 18.8 Å². The average Bonchev–Trinajstić information content (AvgIpc) is 2.76. The van der Waals surface area contributed by atoms with Gasteiger partial charge in [0.15, 0.2) is 0 Å². The van der Waals surface area contributed by atoms with Gasteiger partial charge in [0, 0.05) is 5.57 Å². The number of esters is 1. The van der Waals surface area contributed by atoms with Crippen molar-refractivity contribution in [3.8, 4) is 5.75 Å². The van der Waals surface area contributed by atoms with Gasteiger partial charge >= 0.3 is 13.1 Å². The van der Waals surface area contributed by atoms with Gasteiger partial charge in [0.1, 0.15) is 5.75 Å². The van der Waals surface area contributed by atoms with Gasteiger partial charge in [0.05, 0.1) is 11.2 Å². The fourth-order valence-corrected chi connectivity index (χ4v) is 3.06. The Balaban J connectivity index is 1.85. The minimum absolute atomic E-state index is 0.286. The van der Waals surface area contributed by atoms with E-state index in [-0.39, 0.29) is 5.97 Å². The highest BCUT2D eigenvalue weighted by Gasteiger charge is 2.53. The fourth-order valence-electron chi connectivity index (χ4n) is 3.06. The van der Waals surface area contributed by atoms with E-state index in [4.69, 9.17) is 14.0 Å². The normalized spacial score (nSPS) is 22.6. The molecule has 1 aromatic rings. The molecule has 1 aliphatic carbocycles. The summed E-state index contributed by atoms with van der Waals surface area (Å²) >= 11 is 0. The van der Waals surface area contributed by atoms with E-state index < -0.39 is 18.3 Å². The lowest BCUT2D eigenvalue weighted by Gasteiger charge is -2.32. The summed E-state index contributed by atoms with van der Waals surface area (Å²) in [4.78, 5) is 12.7. The molecular weight excluding hydrogens is 303 g/mol. The smallest absolute Gasteiger partial charge is 0.423 e. The van der Waals surface area contributed by atoms with Gasteiger partial charge in [0.25, 0.3) is 0 Å². The van der Waals surface area contributed by atoms with Crippen molar-refractivity contribution in [3.05, 3.63) is 41.4 Å². The summed E-state index contributed by atoms with van der Waals surface area (Å²) in [6.45, 7) is 8.10. The molecule has 0 N–H and O–H groups in total. The van der Waals surface area contributed by atoms with Crippen LogP contribution in [0.3, 0.4) is 0 Å². The molecule has 128 valence electrons. The highest BCUT2D eigenvalue weighted by molar-refractivity contribution is 6.55. The molecule has 0 atom stereocenters. The van der Waals surface area contributed by atoms with Gasteiger partial charge < -0.3 is 14.0 Å². The second-order valence-electron chi connectivity index (χ2n) is 7.50. The van der Waals surface area contributed by atoms with Crippen LogP contribution in [0, 0.1) is 0 Å². The Kier molecular flexibility index (Phi) is 4.58. The summed E-state index contributed by atoms with van der Waals surface area (Å²) in [5.74, 6) is 0.277. The molecule has 1 heterocycles. The van der Waals surface area contributed by atoms with E-state index >= 15 is 0 Å². The van der Waals surface area contributed by atoms with Crippen molar-refractivity contribution >= 4 is 13.1 Å². The molecule has 0 aromatic heterocycles. The van der Waals surface area contributed by atoms with Crippen molar-refractivity contribution in [1.82, 2.24) is 0 Å². The third-order valence-electron chi connectivity index (χ3n) is 5.25. The van der Waals surface area contributed by atoms with Crippen molar-refractivity contribution in [3.63, 3.8) is 0 Å². The first kappa shape index (κ1) is 17.2. The largest absolute Gasteiger partial charge is 0.491 e. The maximum Gasteiger partial charge on any atom is 0.491 e. The Labute approximate surface area is 144 Å². The monoisotopic (exact) mass is 328 g/mol. The van der Waals surface area contributed by atoms with Crippen LogP contribution < -0.4 is 4.74 Å². The summed E-state index contributed by atoms with van der Waals surface area (Å²) in [6, 6.07) is 9.18. The zero-order valence-electron chi connectivity index (χ0n) is 14.9. The molecule has 1 saturated heterocycles. The maximum absolute atomic E-state index is 12.7. The summed E-state index contributed by atoms with van der Waals surface area (Å²) in [6.07, 6.45) is 3.56. The van der Waals surface area contributed by atoms with Crippen LogP contribution in [0.25, 0.3) is 0 Å². The Hall–Kier alpha value is -1.59. The van der Waals surface area contributed by atoms with Crippen molar-refractivity contribution in [1.29, 1.82) is 0 Å². The van der Waals surface area contributed by atoms with Crippen LogP contribution in [-0.2, 0) is 14.1 Å². The first-order chi connectivity index (χ1) is 11.3. The second kappa shape index (κ2) is 6.38. The number of para-hydroxylation sites is 1. The number of ether oxygens (including phenoxy) is 1. The third-order valence-corrected chi connectivity index (χ3v) is 5.25. The van der Waals surface area contributed by atoms with Gasteiger partial charge in [-0.25, -0.2) is 4.79 Å². The molecule has 0 spiro atoms. The quantitative estimate of drug-likeness (QED) is 0.476. The molecule has 0 bridgehead atoms. The Morgan fingerprint density at radius 2 is 1.58 bits per heavy atom. The van der Waals surface area contributed by atoms with Gasteiger partial charge in [-0.05, 0) is 71.0 Å². The van der Waals surface area contributed by atoms with Gasteiger partial charge in [-0.3, -0.25) is 0 Å².